The Hall–Kier alpha value is -1.000. The molecule has 15 heavy (non-hydrogen) atoms. The molecule has 0 aliphatic rings. The Morgan fingerprint density at radius 2 is 2.07 bits per heavy atom. The molecule has 1 aromatic heterocycles. The van der Waals surface area contributed by atoms with Gasteiger partial charge in [-0.15, -0.1) is 0 Å². The number of fused-ring (bicyclic) bond motifs is 1. The summed E-state index contributed by atoms with van der Waals surface area (Å²) in [6.07, 6.45) is 0. The standard InChI is InChI=1S/C11H12BrN3/c1-6(13)11-14-7(2)9-5-8(12)3-4-10(9)15-11/h3-6H,13H2,1-2H3. The fourth-order valence-corrected chi connectivity index (χ4v) is 1.84. The minimum atomic E-state index is -0.128. The second-order valence-electron chi connectivity index (χ2n) is 3.62. The van der Waals surface area contributed by atoms with Crippen molar-refractivity contribution in [3.63, 3.8) is 0 Å². The Labute approximate surface area is 96.9 Å². The minimum absolute atomic E-state index is 0.128. The first-order valence-corrected chi connectivity index (χ1v) is 5.56. The van der Waals surface area contributed by atoms with Crippen molar-refractivity contribution < 1.29 is 0 Å². The molecule has 1 heterocycles. The number of nitrogens with zero attached hydrogens (tertiary/aromatic N) is 2. The van der Waals surface area contributed by atoms with Crippen LogP contribution in [-0.2, 0) is 0 Å². The molecule has 1 atom stereocenters. The van der Waals surface area contributed by atoms with E-state index >= 15 is 0 Å². The fraction of sp³-hybridized carbons (Fsp3) is 0.273. The Balaban J connectivity index is 2.73. The highest BCUT2D eigenvalue weighted by Crippen LogP contribution is 2.21. The lowest BCUT2D eigenvalue weighted by molar-refractivity contribution is 0.741. The van der Waals surface area contributed by atoms with E-state index in [2.05, 4.69) is 25.9 Å². The lowest BCUT2D eigenvalue weighted by atomic mass is 10.2. The van der Waals surface area contributed by atoms with E-state index in [0.29, 0.717) is 5.82 Å². The molecule has 0 aliphatic carbocycles. The summed E-state index contributed by atoms with van der Waals surface area (Å²) in [6, 6.07) is 5.84. The Morgan fingerprint density at radius 1 is 1.33 bits per heavy atom. The molecule has 3 nitrogen and oxygen atoms in total. The van der Waals surface area contributed by atoms with Gasteiger partial charge in [0.25, 0.3) is 0 Å². The van der Waals surface area contributed by atoms with Gasteiger partial charge in [0.1, 0.15) is 5.82 Å². The molecule has 0 saturated heterocycles. The van der Waals surface area contributed by atoms with Crippen LogP contribution in [0.25, 0.3) is 10.9 Å². The summed E-state index contributed by atoms with van der Waals surface area (Å²) >= 11 is 3.43. The third-order valence-corrected chi connectivity index (χ3v) is 2.77. The van der Waals surface area contributed by atoms with E-state index in [9.17, 15) is 0 Å². The third kappa shape index (κ3) is 2.01. The van der Waals surface area contributed by atoms with Gasteiger partial charge in [-0.2, -0.15) is 0 Å². The minimum Gasteiger partial charge on any atom is -0.322 e. The molecule has 1 unspecified atom stereocenters. The molecule has 0 fully saturated rings. The fourth-order valence-electron chi connectivity index (χ4n) is 1.48. The monoisotopic (exact) mass is 265 g/mol. The summed E-state index contributed by atoms with van der Waals surface area (Å²) in [5.74, 6) is 0.697. The lowest BCUT2D eigenvalue weighted by Crippen LogP contribution is -2.10. The number of halogens is 1. The van der Waals surface area contributed by atoms with Gasteiger partial charge in [-0.25, -0.2) is 9.97 Å². The van der Waals surface area contributed by atoms with Crippen LogP contribution in [0.4, 0.5) is 0 Å². The van der Waals surface area contributed by atoms with E-state index in [1.165, 1.54) is 0 Å². The molecule has 1 aromatic carbocycles. The van der Waals surface area contributed by atoms with Crippen molar-refractivity contribution in [3.05, 3.63) is 34.2 Å². The largest absolute Gasteiger partial charge is 0.322 e. The van der Waals surface area contributed by atoms with Gasteiger partial charge in [0.05, 0.1) is 11.6 Å². The van der Waals surface area contributed by atoms with Gasteiger partial charge < -0.3 is 5.73 Å². The second-order valence-corrected chi connectivity index (χ2v) is 4.53. The topological polar surface area (TPSA) is 51.8 Å². The summed E-state index contributed by atoms with van der Waals surface area (Å²) < 4.78 is 1.04. The smallest absolute Gasteiger partial charge is 0.145 e. The quantitative estimate of drug-likeness (QED) is 0.863. The van der Waals surface area contributed by atoms with Gasteiger partial charge in [0.2, 0.25) is 0 Å². The number of aromatic nitrogens is 2. The molecule has 4 heteroatoms. The summed E-state index contributed by atoms with van der Waals surface area (Å²) in [5, 5.41) is 1.06. The first kappa shape index (κ1) is 10.5. The molecule has 0 saturated carbocycles. The SMILES string of the molecule is Cc1nc(C(C)N)nc2ccc(Br)cc12. The maximum atomic E-state index is 5.77. The summed E-state index contributed by atoms with van der Waals surface area (Å²) in [7, 11) is 0. The highest BCUT2D eigenvalue weighted by molar-refractivity contribution is 9.10. The Morgan fingerprint density at radius 3 is 2.73 bits per heavy atom. The molecule has 78 valence electrons. The van der Waals surface area contributed by atoms with Crippen LogP contribution in [0, 0.1) is 6.92 Å². The Bertz CT molecular complexity index is 508. The zero-order valence-electron chi connectivity index (χ0n) is 8.66. The molecule has 2 rings (SSSR count). The Kier molecular flexibility index (Phi) is 2.71. The van der Waals surface area contributed by atoms with E-state index in [1.807, 2.05) is 32.0 Å². The van der Waals surface area contributed by atoms with Crippen LogP contribution in [-0.4, -0.2) is 9.97 Å². The molecule has 2 N–H and O–H groups in total. The van der Waals surface area contributed by atoms with Crippen LogP contribution in [0.5, 0.6) is 0 Å². The van der Waals surface area contributed by atoms with Crippen LogP contribution in [0.2, 0.25) is 0 Å². The predicted molar refractivity (Wildman–Crippen MR) is 64.6 cm³/mol. The van der Waals surface area contributed by atoms with Crippen LogP contribution >= 0.6 is 15.9 Å². The van der Waals surface area contributed by atoms with Crippen LogP contribution in [0.15, 0.2) is 22.7 Å². The number of aryl methyl sites for hydroxylation is 1. The molecule has 0 bridgehead atoms. The first-order valence-electron chi connectivity index (χ1n) is 4.77. The van der Waals surface area contributed by atoms with Crippen molar-refractivity contribution >= 4 is 26.8 Å². The zero-order chi connectivity index (χ0) is 11.0. The van der Waals surface area contributed by atoms with Gasteiger partial charge in [-0.05, 0) is 32.0 Å². The molecule has 2 aromatic rings. The summed E-state index contributed by atoms with van der Waals surface area (Å²) in [4.78, 5) is 8.80. The van der Waals surface area contributed by atoms with Gasteiger partial charge in [-0.1, -0.05) is 15.9 Å². The summed E-state index contributed by atoms with van der Waals surface area (Å²) in [6.45, 7) is 3.86. The van der Waals surface area contributed by atoms with E-state index < -0.39 is 0 Å². The molecule has 0 spiro atoms. The molecular formula is C11H12BrN3. The number of hydrogen-bond donors (Lipinski definition) is 1. The zero-order valence-corrected chi connectivity index (χ0v) is 10.2. The van der Waals surface area contributed by atoms with Crippen LogP contribution in [0.3, 0.4) is 0 Å². The molecule has 0 aliphatic heterocycles. The molecular weight excluding hydrogens is 254 g/mol. The number of hydrogen-bond acceptors (Lipinski definition) is 3. The van der Waals surface area contributed by atoms with Gasteiger partial charge >= 0.3 is 0 Å². The highest BCUT2D eigenvalue weighted by Gasteiger charge is 2.07. The van der Waals surface area contributed by atoms with E-state index in [-0.39, 0.29) is 6.04 Å². The molecule has 0 amide bonds. The lowest BCUT2D eigenvalue weighted by Gasteiger charge is -2.08. The number of benzene rings is 1. The third-order valence-electron chi connectivity index (χ3n) is 2.27. The van der Waals surface area contributed by atoms with Gasteiger partial charge in [0.15, 0.2) is 0 Å². The maximum absolute atomic E-state index is 5.77. The van der Waals surface area contributed by atoms with Crippen molar-refractivity contribution in [1.82, 2.24) is 9.97 Å². The van der Waals surface area contributed by atoms with Crippen molar-refractivity contribution in [2.24, 2.45) is 5.73 Å². The van der Waals surface area contributed by atoms with Crippen molar-refractivity contribution in [3.8, 4) is 0 Å². The highest BCUT2D eigenvalue weighted by atomic mass is 79.9. The maximum Gasteiger partial charge on any atom is 0.145 e. The summed E-state index contributed by atoms with van der Waals surface area (Å²) in [5.41, 5.74) is 7.68. The van der Waals surface area contributed by atoms with E-state index in [1.54, 1.807) is 0 Å². The first-order chi connectivity index (χ1) is 7.08. The number of rotatable bonds is 1. The van der Waals surface area contributed by atoms with Gasteiger partial charge in [-0.3, -0.25) is 0 Å². The second kappa shape index (κ2) is 3.87. The van der Waals surface area contributed by atoms with Crippen molar-refractivity contribution in [2.45, 2.75) is 19.9 Å². The number of nitrogens with two attached hydrogens (primary N) is 1. The van der Waals surface area contributed by atoms with Gasteiger partial charge in [0, 0.05) is 15.6 Å². The average Bonchev–Trinajstić information content (AvgIpc) is 2.18. The van der Waals surface area contributed by atoms with E-state index in [4.69, 9.17) is 5.73 Å². The van der Waals surface area contributed by atoms with Crippen molar-refractivity contribution in [2.75, 3.05) is 0 Å². The average molecular weight is 266 g/mol. The van der Waals surface area contributed by atoms with Crippen molar-refractivity contribution in [1.29, 1.82) is 0 Å². The predicted octanol–water partition coefficient (Wildman–Crippen LogP) is 2.72. The normalized spacial score (nSPS) is 13.1. The van der Waals surface area contributed by atoms with Crippen LogP contribution in [0.1, 0.15) is 24.5 Å². The van der Waals surface area contributed by atoms with Crippen LogP contribution < -0.4 is 5.73 Å². The van der Waals surface area contributed by atoms with E-state index in [0.717, 1.165) is 21.1 Å². The molecule has 0 radical (unpaired) electrons.